The number of hydrogen-bond donors (Lipinski definition) is 12. The Bertz CT molecular complexity index is 7000. The molecule has 12 heterocycles. The van der Waals surface area contributed by atoms with Gasteiger partial charge in [0.25, 0.3) is 5.91 Å². The summed E-state index contributed by atoms with van der Waals surface area (Å²) in [6, 6.07) is 57.9. The lowest BCUT2D eigenvalue weighted by atomic mass is 10.0. The van der Waals surface area contributed by atoms with Gasteiger partial charge >= 0.3 is 6.03 Å². The Kier molecular flexibility index (Phi) is 19.3. The first kappa shape index (κ1) is 72.6. The molecule has 1 saturated heterocycles. The van der Waals surface area contributed by atoms with Crippen LogP contribution in [0.1, 0.15) is 5.56 Å². The summed E-state index contributed by atoms with van der Waals surface area (Å²) >= 11 is 0. The van der Waals surface area contributed by atoms with Crippen LogP contribution in [0.5, 0.6) is 0 Å². The lowest BCUT2D eigenvalue weighted by Gasteiger charge is -2.13. The number of aryl methyl sites for hydroxylation is 1. The predicted molar refractivity (Wildman–Crippen MR) is 428 cm³/mol. The Morgan fingerprint density at radius 2 is 0.703 bits per heavy atom. The first-order valence-electron chi connectivity index (χ1n) is 35.9. The van der Waals surface area contributed by atoms with Crippen LogP contribution >= 0.6 is 0 Å². The van der Waals surface area contributed by atoms with E-state index in [1.807, 2.05) is 109 Å². The highest BCUT2D eigenvalue weighted by Gasteiger charge is 2.31. The molecule has 118 heavy (non-hydrogen) atoms. The number of amides is 3. The standard InChI is InChI=1S/C18H13N7O2.C18H13N7.C16H12FN5.2C15H9F2N5/c26-15-8-19-18(27)25(15)12-3-1-2-10(6-12)16-13-7-11(17-20-9-21-24-17)4-5-14(13)22-23-16;1-2-11(15-6-7-20-22-15)8-12(3-1)17-14-9-13(18-19-10-21-25-18)4-5-16(14)23-24-17;1-9-6-10(2-4-13(9)17)15-12-7-11(16-18-8-19-22-16)3-5-14(12)20-21-15;16-9-2-3-10(12(17)6-9)14-11-5-8(15-18-7-19-22-15)1-4-13(11)20-21-14;16-11-3-1-8(6-12(11)17)14-10-5-9(15-18-7-19-22-15)2-4-13(10)20-21-14/h1-7,9H,8H2,(H,19,27)(H,22,23)(H,20,21,24);1-10H,(H,20,22)(H,23,24)(H,19,21,25);2-8H,1H3,(H,20,21)(H,18,19,22);2*1-7H,(H,20,21)(H,18,19,22). The van der Waals surface area contributed by atoms with Gasteiger partial charge in [0.15, 0.2) is 40.8 Å². The molecule has 1 aliphatic rings. The zero-order valence-electron chi connectivity index (χ0n) is 61.0. The van der Waals surface area contributed by atoms with Gasteiger partial charge in [0, 0.05) is 100 Å². The highest BCUT2D eigenvalue weighted by atomic mass is 19.2. The molecule has 0 aliphatic carbocycles. The first-order valence-corrected chi connectivity index (χ1v) is 35.9. The molecule has 0 bridgehead atoms. The van der Waals surface area contributed by atoms with Crippen molar-refractivity contribution in [2.75, 3.05) is 11.4 Å². The van der Waals surface area contributed by atoms with E-state index in [1.165, 1.54) is 55.9 Å². The van der Waals surface area contributed by atoms with E-state index >= 15 is 0 Å². The van der Waals surface area contributed by atoms with E-state index in [0.29, 0.717) is 51.5 Å². The number of nitrogens with zero attached hydrogens (tertiary/aromatic N) is 17. The molecule has 0 unspecified atom stereocenters. The number of fused-ring (bicyclic) bond motifs is 5. The lowest BCUT2D eigenvalue weighted by Crippen LogP contribution is -2.30. The number of aromatic nitrogens is 27. The van der Waals surface area contributed by atoms with Crippen molar-refractivity contribution in [2.45, 2.75) is 6.92 Å². The molecular formula is C82H56F5N29O2. The smallest absolute Gasteiger partial charge is 0.328 e. The number of nitrogens with one attached hydrogen (secondary N) is 12. The third-order valence-electron chi connectivity index (χ3n) is 19.2. The molecule has 10 aromatic carbocycles. The summed E-state index contributed by atoms with van der Waals surface area (Å²) in [7, 11) is 0. The Balaban J connectivity index is 0.000000102. The van der Waals surface area contributed by atoms with E-state index in [4.69, 9.17) is 0 Å². The number of urea groups is 1. The summed E-state index contributed by atoms with van der Waals surface area (Å²) in [5, 5.41) is 83.9. The van der Waals surface area contributed by atoms with Gasteiger partial charge in [-0.05, 0) is 176 Å². The van der Waals surface area contributed by atoms with Gasteiger partial charge in [-0.2, -0.15) is 56.1 Å². The molecule has 11 aromatic heterocycles. The van der Waals surface area contributed by atoms with Gasteiger partial charge in [-0.25, -0.2) is 56.6 Å². The maximum atomic E-state index is 14.0. The molecule has 0 spiro atoms. The number of carbonyl (C=O) groups is 2. The Labute approximate surface area is 658 Å². The molecule has 3 amide bonds. The summed E-state index contributed by atoms with van der Waals surface area (Å²) in [6.07, 6.45) is 9.01. The average molecular weight is 1570 g/mol. The average Bonchev–Trinajstić information content (AvgIpc) is 1.58. The van der Waals surface area contributed by atoms with Gasteiger partial charge in [0.2, 0.25) is 0 Å². The second kappa shape index (κ2) is 31.3. The molecule has 0 atom stereocenters. The van der Waals surface area contributed by atoms with E-state index in [2.05, 4.69) is 161 Å². The van der Waals surface area contributed by atoms with E-state index in [-0.39, 0.29) is 23.8 Å². The molecule has 36 heteroatoms. The fourth-order valence-corrected chi connectivity index (χ4v) is 13.5. The lowest BCUT2D eigenvalue weighted by molar-refractivity contribution is -0.115. The summed E-state index contributed by atoms with van der Waals surface area (Å²) in [6.45, 7) is 1.75. The highest BCUT2D eigenvalue weighted by Crippen LogP contribution is 2.38. The Morgan fingerprint density at radius 1 is 0.314 bits per heavy atom. The predicted octanol–water partition coefficient (Wildman–Crippen LogP) is 15.5. The van der Waals surface area contributed by atoms with Crippen LogP contribution in [0.2, 0.25) is 0 Å². The van der Waals surface area contributed by atoms with Crippen molar-refractivity contribution in [3.8, 4) is 124 Å². The number of benzene rings is 10. The summed E-state index contributed by atoms with van der Waals surface area (Å²) in [5.41, 5.74) is 18.7. The normalized spacial score (nSPS) is 11.9. The monoisotopic (exact) mass is 1570 g/mol. The van der Waals surface area contributed by atoms with Gasteiger partial charge in [0.1, 0.15) is 60.5 Å². The number of imide groups is 1. The van der Waals surface area contributed by atoms with Crippen molar-refractivity contribution in [1.82, 2.24) is 142 Å². The SMILES string of the molecule is Cc1cc(-c2n[nH]c3ccc(-c4ncn[nH]4)cc23)ccc1F.Fc1ccc(-c2n[nH]c3ccc(-c4ncn[nH]4)cc23)c(F)c1.Fc1ccc(-c2n[nH]c3ccc(-c4ncn[nH]4)cc23)cc1F.O=C1CNC(=O)N1c1cccc(-c2n[nH]c3ccc(-c4ncn[nH]4)cc23)c1.c1cc(-c2ccn[nH]2)cc(-c2n[nH]c3ccc(-c4ncn[nH]4)cc23)c1. The minimum Gasteiger partial charge on any atom is -0.328 e. The van der Waals surface area contributed by atoms with E-state index in [0.717, 1.165) is 156 Å². The van der Waals surface area contributed by atoms with Crippen LogP contribution in [0, 0.1) is 36.0 Å². The Hall–Kier alpha value is -17.0. The largest absolute Gasteiger partial charge is 0.329 e. The first-order chi connectivity index (χ1) is 57.7. The third kappa shape index (κ3) is 14.6. The van der Waals surface area contributed by atoms with Crippen LogP contribution in [-0.2, 0) is 4.79 Å². The fourth-order valence-electron chi connectivity index (χ4n) is 13.5. The molecule has 1 aliphatic heterocycles. The van der Waals surface area contributed by atoms with Gasteiger partial charge in [-0.1, -0.05) is 30.3 Å². The topological polar surface area (TPSA) is 429 Å². The number of anilines is 1. The van der Waals surface area contributed by atoms with Gasteiger partial charge in [0.05, 0.1) is 62.6 Å². The van der Waals surface area contributed by atoms with Crippen LogP contribution in [0.4, 0.5) is 32.4 Å². The molecule has 21 aromatic rings. The maximum Gasteiger partial charge on any atom is 0.329 e. The quantitative estimate of drug-likeness (QED) is 0.0399. The number of halogens is 5. The molecule has 576 valence electrons. The zero-order chi connectivity index (χ0) is 80.3. The Morgan fingerprint density at radius 3 is 1.09 bits per heavy atom. The second-order valence-corrected chi connectivity index (χ2v) is 26.5. The fraction of sp³-hybridized carbons (Fsp3) is 0.0244. The van der Waals surface area contributed by atoms with Crippen molar-refractivity contribution >= 4 is 72.1 Å². The van der Waals surface area contributed by atoms with Crippen LogP contribution < -0.4 is 10.2 Å². The van der Waals surface area contributed by atoms with Crippen molar-refractivity contribution < 1.29 is 31.5 Å². The van der Waals surface area contributed by atoms with Crippen LogP contribution in [0.3, 0.4) is 0 Å². The summed E-state index contributed by atoms with van der Waals surface area (Å²) in [4.78, 5) is 45.8. The molecular weight excluding hydrogens is 1520 g/mol. The third-order valence-corrected chi connectivity index (χ3v) is 19.2. The van der Waals surface area contributed by atoms with Crippen LogP contribution in [0.15, 0.2) is 238 Å². The molecule has 1 fully saturated rings. The van der Waals surface area contributed by atoms with Crippen LogP contribution in [-0.4, -0.2) is 156 Å². The minimum atomic E-state index is -0.903. The molecule has 31 nitrogen and oxygen atoms in total. The molecule has 22 rings (SSSR count). The molecule has 0 radical (unpaired) electrons. The highest BCUT2D eigenvalue weighted by molar-refractivity contribution is 6.20. The minimum absolute atomic E-state index is 0.00887. The number of aromatic amines is 11. The number of rotatable bonds is 12. The van der Waals surface area contributed by atoms with E-state index < -0.39 is 29.3 Å². The van der Waals surface area contributed by atoms with Crippen molar-refractivity contribution in [1.29, 1.82) is 0 Å². The van der Waals surface area contributed by atoms with Crippen LogP contribution in [0.25, 0.3) is 179 Å². The van der Waals surface area contributed by atoms with Gasteiger partial charge in [-0.3, -0.25) is 60.9 Å². The molecule has 12 N–H and O–H groups in total. The number of hydrogen-bond acceptors (Lipinski definition) is 18. The van der Waals surface area contributed by atoms with Gasteiger partial charge in [-0.15, -0.1) is 0 Å². The zero-order valence-corrected chi connectivity index (χ0v) is 61.0. The number of H-pyrrole nitrogens is 11. The van der Waals surface area contributed by atoms with E-state index in [1.54, 1.807) is 43.5 Å². The maximum absolute atomic E-state index is 14.0. The van der Waals surface area contributed by atoms with Crippen molar-refractivity contribution in [3.05, 3.63) is 273 Å². The molecule has 0 saturated carbocycles. The number of carbonyl (C=O) groups excluding carboxylic acids is 2. The second-order valence-electron chi connectivity index (χ2n) is 26.5. The van der Waals surface area contributed by atoms with E-state index in [9.17, 15) is 31.5 Å². The van der Waals surface area contributed by atoms with Crippen molar-refractivity contribution in [3.63, 3.8) is 0 Å². The van der Waals surface area contributed by atoms with Gasteiger partial charge < -0.3 is 5.32 Å². The summed E-state index contributed by atoms with van der Waals surface area (Å²) in [5.74, 6) is -0.231. The van der Waals surface area contributed by atoms with Crippen molar-refractivity contribution in [2.24, 2.45) is 0 Å². The summed E-state index contributed by atoms with van der Waals surface area (Å²) < 4.78 is 67.0.